The minimum absolute atomic E-state index is 0.282. The molecule has 17 heavy (non-hydrogen) atoms. The van der Waals surface area contributed by atoms with Crippen LogP contribution in [-0.4, -0.2) is 24.4 Å². The summed E-state index contributed by atoms with van der Waals surface area (Å²) in [5.74, 6) is 2.56. The SMILES string of the molecule is CCC(CC)CN(C)C(=O)C1CC2C=CC1C2. The highest BCUT2D eigenvalue weighted by Crippen LogP contribution is 2.44. The first-order valence-electron chi connectivity index (χ1n) is 7.09. The molecule has 3 unspecified atom stereocenters. The summed E-state index contributed by atoms with van der Waals surface area (Å²) < 4.78 is 0. The second-order valence-corrected chi connectivity index (χ2v) is 5.79. The van der Waals surface area contributed by atoms with Crippen LogP contribution in [-0.2, 0) is 4.79 Å². The Morgan fingerprint density at radius 1 is 1.29 bits per heavy atom. The lowest BCUT2D eigenvalue weighted by Gasteiger charge is -2.27. The average Bonchev–Trinajstić information content (AvgIpc) is 2.96. The fraction of sp³-hybridized carbons (Fsp3) is 0.800. The molecule has 0 saturated heterocycles. The van der Waals surface area contributed by atoms with E-state index in [1.807, 2.05) is 11.9 Å². The lowest BCUT2D eigenvalue weighted by atomic mass is 9.92. The summed E-state index contributed by atoms with van der Waals surface area (Å²) in [5.41, 5.74) is 0. The lowest BCUT2D eigenvalue weighted by Crippen LogP contribution is -2.37. The van der Waals surface area contributed by atoms with Crippen LogP contribution in [0.3, 0.4) is 0 Å². The van der Waals surface area contributed by atoms with Crippen LogP contribution in [0.1, 0.15) is 39.5 Å². The maximum Gasteiger partial charge on any atom is 0.226 e. The van der Waals surface area contributed by atoms with Crippen LogP contribution >= 0.6 is 0 Å². The summed E-state index contributed by atoms with van der Waals surface area (Å²) in [7, 11) is 1.98. The summed E-state index contributed by atoms with van der Waals surface area (Å²) in [5, 5.41) is 0. The van der Waals surface area contributed by atoms with Gasteiger partial charge in [0.05, 0.1) is 0 Å². The van der Waals surface area contributed by atoms with E-state index >= 15 is 0 Å². The number of amides is 1. The van der Waals surface area contributed by atoms with Gasteiger partial charge < -0.3 is 4.90 Å². The van der Waals surface area contributed by atoms with Crippen molar-refractivity contribution in [2.45, 2.75) is 39.5 Å². The molecule has 0 aliphatic heterocycles. The average molecular weight is 235 g/mol. The van der Waals surface area contributed by atoms with Gasteiger partial charge in [0.15, 0.2) is 0 Å². The molecule has 0 heterocycles. The molecule has 2 heteroatoms. The van der Waals surface area contributed by atoms with Crippen molar-refractivity contribution >= 4 is 5.91 Å². The number of hydrogen-bond acceptors (Lipinski definition) is 1. The summed E-state index contributed by atoms with van der Waals surface area (Å²) >= 11 is 0. The normalized spacial score (nSPS) is 30.2. The van der Waals surface area contributed by atoms with Gasteiger partial charge in [-0.25, -0.2) is 0 Å². The molecule has 1 saturated carbocycles. The zero-order chi connectivity index (χ0) is 12.4. The minimum Gasteiger partial charge on any atom is -0.345 e. The molecule has 0 aromatic heterocycles. The van der Waals surface area contributed by atoms with Gasteiger partial charge in [0.2, 0.25) is 5.91 Å². The second kappa shape index (κ2) is 5.24. The summed E-state index contributed by atoms with van der Waals surface area (Å²) in [6.07, 6.45) is 9.22. The van der Waals surface area contributed by atoms with Gasteiger partial charge in [-0.3, -0.25) is 4.79 Å². The standard InChI is InChI=1S/C15H25NO/c1-4-11(5-2)10-16(3)15(17)14-9-12-6-7-13(14)8-12/h6-7,11-14H,4-5,8-10H2,1-3H3. The van der Waals surface area contributed by atoms with Gasteiger partial charge in [0, 0.05) is 19.5 Å². The topological polar surface area (TPSA) is 20.3 Å². The molecule has 0 radical (unpaired) electrons. The molecule has 2 aliphatic carbocycles. The summed E-state index contributed by atoms with van der Waals surface area (Å²) in [6.45, 7) is 5.36. The molecule has 1 fully saturated rings. The second-order valence-electron chi connectivity index (χ2n) is 5.79. The maximum atomic E-state index is 12.4. The van der Waals surface area contributed by atoms with E-state index < -0.39 is 0 Å². The Balaban J connectivity index is 1.89. The number of allylic oxidation sites excluding steroid dienone is 2. The van der Waals surface area contributed by atoms with E-state index in [0.717, 1.165) is 13.0 Å². The van der Waals surface area contributed by atoms with Crippen LogP contribution in [0.15, 0.2) is 12.2 Å². The third kappa shape index (κ3) is 2.56. The van der Waals surface area contributed by atoms with Crippen molar-refractivity contribution in [3.8, 4) is 0 Å². The van der Waals surface area contributed by atoms with E-state index in [2.05, 4.69) is 26.0 Å². The molecule has 2 aliphatic rings. The predicted octanol–water partition coefficient (Wildman–Crippen LogP) is 3.09. The highest BCUT2D eigenvalue weighted by atomic mass is 16.2. The Hall–Kier alpha value is -0.790. The number of rotatable bonds is 5. The zero-order valence-electron chi connectivity index (χ0n) is 11.4. The highest BCUT2D eigenvalue weighted by molar-refractivity contribution is 5.79. The van der Waals surface area contributed by atoms with Gasteiger partial charge in [-0.1, -0.05) is 38.8 Å². The van der Waals surface area contributed by atoms with E-state index in [9.17, 15) is 4.79 Å². The molecule has 2 bridgehead atoms. The molecule has 0 spiro atoms. The van der Waals surface area contributed by atoms with E-state index in [0.29, 0.717) is 23.7 Å². The van der Waals surface area contributed by atoms with Gasteiger partial charge in [0.25, 0.3) is 0 Å². The highest BCUT2D eigenvalue weighted by Gasteiger charge is 2.40. The van der Waals surface area contributed by atoms with Crippen LogP contribution in [0.4, 0.5) is 0 Å². The lowest BCUT2D eigenvalue weighted by molar-refractivity contribution is -0.135. The number of nitrogens with zero attached hydrogens (tertiary/aromatic N) is 1. The fourth-order valence-electron chi connectivity index (χ4n) is 3.37. The Morgan fingerprint density at radius 3 is 2.47 bits per heavy atom. The molecular weight excluding hydrogens is 210 g/mol. The van der Waals surface area contributed by atoms with Crippen molar-refractivity contribution in [1.82, 2.24) is 4.90 Å². The van der Waals surface area contributed by atoms with Crippen molar-refractivity contribution in [2.75, 3.05) is 13.6 Å². The molecule has 0 aromatic carbocycles. The first kappa shape index (κ1) is 12.7. The smallest absolute Gasteiger partial charge is 0.226 e. The monoisotopic (exact) mass is 235 g/mol. The Bertz CT molecular complexity index is 306. The fourth-order valence-corrected chi connectivity index (χ4v) is 3.37. The summed E-state index contributed by atoms with van der Waals surface area (Å²) in [4.78, 5) is 14.4. The Labute approximate surface area is 105 Å². The van der Waals surface area contributed by atoms with Crippen molar-refractivity contribution in [2.24, 2.45) is 23.7 Å². The molecule has 3 atom stereocenters. The minimum atomic E-state index is 0.282. The summed E-state index contributed by atoms with van der Waals surface area (Å²) in [6, 6.07) is 0. The predicted molar refractivity (Wildman–Crippen MR) is 70.6 cm³/mol. The van der Waals surface area contributed by atoms with E-state index in [4.69, 9.17) is 0 Å². The van der Waals surface area contributed by atoms with E-state index in [1.54, 1.807) is 0 Å². The first-order valence-corrected chi connectivity index (χ1v) is 7.09. The molecule has 96 valence electrons. The molecule has 0 aromatic rings. The maximum absolute atomic E-state index is 12.4. The quantitative estimate of drug-likeness (QED) is 0.671. The van der Waals surface area contributed by atoms with Gasteiger partial charge in [-0.15, -0.1) is 0 Å². The van der Waals surface area contributed by atoms with Gasteiger partial charge >= 0.3 is 0 Å². The largest absolute Gasteiger partial charge is 0.345 e. The molecule has 1 amide bonds. The molecule has 2 nitrogen and oxygen atoms in total. The van der Waals surface area contributed by atoms with Gasteiger partial charge in [-0.05, 0) is 30.6 Å². The van der Waals surface area contributed by atoms with Gasteiger partial charge in [-0.2, -0.15) is 0 Å². The van der Waals surface area contributed by atoms with Crippen LogP contribution < -0.4 is 0 Å². The van der Waals surface area contributed by atoms with Crippen LogP contribution in [0.2, 0.25) is 0 Å². The number of carbonyl (C=O) groups is 1. The Kier molecular flexibility index (Phi) is 3.90. The Morgan fingerprint density at radius 2 is 2.00 bits per heavy atom. The molecule has 2 rings (SSSR count). The number of fused-ring (bicyclic) bond motifs is 2. The molecular formula is C15H25NO. The third-order valence-corrected chi connectivity index (χ3v) is 4.66. The third-order valence-electron chi connectivity index (χ3n) is 4.66. The van der Waals surface area contributed by atoms with Crippen molar-refractivity contribution in [1.29, 1.82) is 0 Å². The van der Waals surface area contributed by atoms with Crippen LogP contribution in [0, 0.1) is 23.7 Å². The first-order chi connectivity index (χ1) is 8.15. The number of hydrogen-bond donors (Lipinski definition) is 0. The van der Waals surface area contributed by atoms with Crippen LogP contribution in [0.25, 0.3) is 0 Å². The van der Waals surface area contributed by atoms with Crippen LogP contribution in [0.5, 0.6) is 0 Å². The van der Waals surface area contributed by atoms with Gasteiger partial charge in [0.1, 0.15) is 0 Å². The zero-order valence-corrected chi connectivity index (χ0v) is 11.4. The molecule has 0 N–H and O–H groups in total. The van der Waals surface area contributed by atoms with E-state index in [-0.39, 0.29) is 5.92 Å². The van der Waals surface area contributed by atoms with Crippen molar-refractivity contribution < 1.29 is 4.79 Å². The van der Waals surface area contributed by atoms with E-state index in [1.165, 1.54) is 19.3 Å². The van der Waals surface area contributed by atoms with Crippen molar-refractivity contribution in [3.05, 3.63) is 12.2 Å². The van der Waals surface area contributed by atoms with Crippen molar-refractivity contribution in [3.63, 3.8) is 0 Å². The number of carbonyl (C=O) groups excluding carboxylic acids is 1.